The molecule has 1 heterocycles. The summed E-state index contributed by atoms with van der Waals surface area (Å²) < 4.78 is 0. The lowest BCUT2D eigenvalue weighted by molar-refractivity contribution is -0.116. The quantitative estimate of drug-likeness (QED) is 0.0903. The van der Waals surface area contributed by atoms with Crippen molar-refractivity contribution in [1.82, 2.24) is 10.3 Å². The molecule has 260 valence electrons. The van der Waals surface area contributed by atoms with Gasteiger partial charge in [0.05, 0.1) is 5.69 Å². The van der Waals surface area contributed by atoms with Crippen LogP contribution < -0.4 is 16.0 Å². The molecule has 0 aliphatic heterocycles. The van der Waals surface area contributed by atoms with Crippen LogP contribution in [-0.4, -0.2) is 22.7 Å². The lowest BCUT2D eigenvalue weighted by Gasteiger charge is -2.17. The molecular formula is C43H31ClN4O3S2. The average Bonchev–Trinajstić information content (AvgIpc) is 3.66. The van der Waals surface area contributed by atoms with Crippen LogP contribution >= 0.6 is 34.7 Å². The van der Waals surface area contributed by atoms with Crippen LogP contribution in [0.3, 0.4) is 0 Å². The predicted molar refractivity (Wildman–Crippen MR) is 217 cm³/mol. The van der Waals surface area contributed by atoms with Gasteiger partial charge in [-0.15, -0.1) is 23.1 Å². The first-order chi connectivity index (χ1) is 25.9. The van der Waals surface area contributed by atoms with Crippen LogP contribution in [0.15, 0.2) is 168 Å². The second-order valence-corrected chi connectivity index (χ2v) is 14.3. The SMILES string of the molecule is O=C(Nc1ccc(SC(C(=O)Nc2nc(-c3ccc(Cl)cc3)cs2)c2ccccc2)cc1)/C(=C/c1cccc2ccccc12)NC(=O)c1ccccc1. The first kappa shape index (κ1) is 35.4. The van der Waals surface area contributed by atoms with Crippen LogP contribution in [0.5, 0.6) is 0 Å². The van der Waals surface area contributed by atoms with E-state index >= 15 is 0 Å². The van der Waals surface area contributed by atoms with Gasteiger partial charge < -0.3 is 16.0 Å². The Labute approximate surface area is 319 Å². The highest BCUT2D eigenvalue weighted by atomic mass is 35.5. The van der Waals surface area contributed by atoms with Crippen LogP contribution in [0.1, 0.15) is 26.7 Å². The molecule has 6 aromatic carbocycles. The van der Waals surface area contributed by atoms with Crippen molar-refractivity contribution >= 4 is 80.1 Å². The molecule has 7 rings (SSSR count). The number of benzene rings is 6. The van der Waals surface area contributed by atoms with Gasteiger partial charge in [-0.1, -0.05) is 115 Å². The molecule has 10 heteroatoms. The summed E-state index contributed by atoms with van der Waals surface area (Å²) in [6.07, 6.45) is 1.69. The maximum atomic E-state index is 13.8. The second-order valence-electron chi connectivity index (χ2n) is 11.9. The number of thioether (sulfide) groups is 1. The van der Waals surface area contributed by atoms with E-state index in [2.05, 4.69) is 20.9 Å². The number of hydrogen-bond acceptors (Lipinski definition) is 6. The number of halogens is 1. The van der Waals surface area contributed by atoms with Gasteiger partial charge in [-0.25, -0.2) is 4.98 Å². The van der Waals surface area contributed by atoms with Gasteiger partial charge in [0.2, 0.25) is 5.91 Å². The molecule has 0 saturated heterocycles. The zero-order valence-corrected chi connectivity index (χ0v) is 30.4. The van der Waals surface area contributed by atoms with Crippen molar-refractivity contribution in [3.05, 3.63) is 184 Å². The summed E-state index contributed by atoms with van der Waals surface area (Å²) in [4.78, 5) is 46.2. The van der Waals surface area contributed by atoms with E-state index in [1.807, 2.05) is 109 Å². The summed E-state index contributed by atoms with van der Waals surface area (Å²) >= 11 is 8.78. The predicted octanol–water partition coefficient (Wildman–Crippen LogP) is 10.5. The highest BCUT2D eigenvalue weighted by Crippen LogP contribution is 2.37. The molecule has 7 nitrogen and oxygen atoms in total. The third-order valence-electron chi connectivity index (χ3n) is 8.23. The van der Waals surface area contributed by atoms with Crippen LogP contribution in [0.4, 0.5) is 10.8 Å². The molecule has 0 saturated carbocycles. The van der Waals surface area contributed by atoms with E-state index in [1.54, 1.807) is 54.6 Å². The summed E-state index contributed by atoms with van der Waals surface area (Å²) in [5.41, 5.74) is 4.32. The molecule has 0 aliphatic carbocycles. The minimum absolute atomic E-state index is 0.0934. The third-order valence-corrected chi connectivity index (χ3v) is 10.5. The topological polar surface area (TPSA) is 100 Å². The molecule has 3 amide bonds. The Morgan fingerprint density at radius 1 is 0.717 bits per heavy atom. The van der Waals surface area contributed by atoms with Crippen molar-refractivity contribution in [2.24, 2.45) is 0 Å². The molecule has 53 heavy (non-hydrogen) atoms. The van der Waals surface area contributed by atoms with E-state index in [1.165, 1.54) is 23.1 Å². The van der Waals surface area contributed by atoms with E-state index < -0.39 is 17.1 Å². The maximum Gasteiger partial charge on any atom is 0.272 e. The fourth-order valence-corrected chi connectivity index (χ4v) is 7.45. The van der Waals surface area contributed by atoms with E-state index in [9.17, 15) is 14.4 Å². The fraction of sp³-hybridized carbons (Fsp3) is 0.0233. The normalized spacial score (nSPS) is 11.8. The minimum atomic E-state index is -0.581. The summed E-state index contributed by atoms with van der Waals surface area (Å²) in [7, 11) is 0. The number of amides is 3. The average molecular weight is 751 g/mol. The number of nitrogens with one attached hydrogen (secondary N) is 3. The number of anilines is 2. The molecule has 1 unspecified atom stereocenters. The van der Waals surface area contributed by atoms with Crippen molar-refractivity contribution in [1.29, 1.82) is 0 Å². The van der Waals surface area contributed by atoms with E-state index in [4.69, 9.17) is 11.6 Å². The number of carbonyl (C=O) groups excluding carboxylic acids is 3. The van der Waals surface area contributed by atoms with E-state index in [-0.39, 0.29) is 11.6 Å². The molecule has 3 N–H and O–H groups in total. The van der Waals surface area contributed by atoms with Crippen molar-refractivity contribution in [2.45, 2.75) is 10.1 Å². The Balaban J connectivity index is 1.09. The summed E-state index contributed by atoms with van der Waals surface area (Å²) in [5, 5.41) is 13.2. The van der Waals surface area contributed by atoms with Gasteiger partial charge in [0.15, 0.2) is 5.13 Å². The highest BCUT2D eigenvalue weighted by molar-refractivity contribution is 8.00. The van der Waals surface area contributed by atoms with Gasteiger partial charge in [0.1, 0.15) is 10.9 Å². The molecule has 0 radical (unpaired) electrons. The highest BCUT2D eigenvalue weighted by Gasteiger charge is 2.24. The molecule has 0 bridgehead atoms. The monoisotopic (exact) mass is 750 g/mol. The van der Waals surface area contributed by atoms with Gasteiger partial charge in [-0.3, -0.25) is 14.4 Å². The zero-order valence-electron chi connectivity index (χ0n) is 28.0. The zero-order chi connectivity index (χ0) is 36.6. The molecular weight excluding hydrogens is 720 g/mol. The standard InChI is InChI=1S/C43H31ClN4O3S2/c44-33-20-18-29(19-21-33)38-27-52-43(47-38)48-42(51)39(30-11-3-1-4-12-30)53-35-24-22-34(23-25-35)45-41(50)37(46-40(49)31-13-5-2-6-14-31)26-32-16-9-15-28-10-7-8-17-36(28)32/h1-27,39H,(H,45,50)(H,46,49)(H,47,48,51)/b37-26-. The molecule has 1 aromatic heterocycles. The molecule has 0 fully saturated rings. The summed E-state index contributed by atoms with van der Waals surface area (Å²) in [6.45, 7) is 0. The Bertz CT molecular complexity index is 2410. The van der Waals surface area contributed by atoms with Crippen molar-refractivity contribution in [3.8, 4) is 11.3 Å². The summed E-state index contributed by atoms with van der Waals surface area (Å²) in [6, 6.07) is 46.6. The Morgan fingerprint density at radius 3 is 2.15 bits per heavy atom. The van der Waals surface area contributed by atoms with Gasteiger partial charge in [0, 0.05) is 32.1 Å². The molecule has 7 aromatic rings. The van der Waals surface area contributed by atoms with E-state index in [0.717, 1.165) is 38.1 Å². The van der Waals surface area contributed by atoms with Crippen LogP contribution in [0.25, 0.3) is 28.1 Å². The summed E-state index contributed by atoms with van der Waals surface area (Å²) in [5.74, 6) is -1.10. The fourth-order valence-electron chi connectivity index (χ4n) is 5.58. The number of thiazole rings is 1. The number of carbonyl (C=O) groups is 3. The maximum absolute atomic E-state index is 13.8. The van der Waals surface area contributed by atoms with Gasteiger partial charge >= 0.3 is 0 Å². The number of hydrogen-bond donors (Lipinski definition) is 3. The van der Waals surface area contributed by atoms with Crippen LogP contribution in [0, 0.1) is 0 Å². The van der Waals surface area contributed by atoms with E-state index in [0.29, 0.717) is 21.4 Å². The molecule has 0 aliphatic rings. The lowest BCUT2D eigenvalue weighted by atomic mass is 10.0. The van der Waals surface area contributed by atoms with Crippen molar-refractivity contribution in [3.63, 3.8) is 0 Å². The lowest BCUT2D eigenvalue weighted by Crippen LogP contribution is -2.30. The second kappa shape index (κ2) is 16.6. The smallest absolute Gasteiger partial charge is 0.272 e. The number of fused-ring (bicyclic) bond motifs is 1. The van der Waals surface area contributed by atoms with Gasteiger partial charge in [0.25, 0.3) is 11.8 Å². The first-order valence-electron chi connectivity index (χ1n) is 16.6. The van der Waals surface area contributed by atoms with Gasteiger partial charge in [-0.05, 0) is 76.5 Å². The Morgan fingerprint density at radius 2 is 1.40 bits per heavy atom. The number of nitrogens with zero attached hydrogens (tertiary/aromatic N) is 1. The third kappa shape index (κ3) is 8.91. The Hall–Kier alpha value is -6.00. The van der Waals surface area contributed by atoms with Crippen LogP contribution in [-0.2, 0) is 9.59 Å². The minimum Gasteiger partial charge on any atom is -0.321 e. The number of rotatable bonds is 11. The molecule has 0 spiro atoms. The van der Waals surface area contributed by atoms with Crippen LogP contribution in [0.2, 0.25) is 5.02 Å². The first-order valence-corrected chi connectivity index (χ1v) is 18.7. The molecule has 1 atom stereocenters. The van der Waals surface area contributed by atoms with Gasteiger partial charge in [-0.2, -0.15) is 0 Å². The van der Waals surface area contributed by atoms with Crippen molar-refractivity contribution in [2.75, 3.05) is 10.6 Å². The Kier molecular flexibility index (Phi) is 11.1. The van der Waals surface area contributed by atoms with Crippen molar-refractivity contribution < 1.29 is 14.4 Å². The largest absolute Gasteiger partial charge is 0.321 e. The number of aromatic nitrogens is 1.